The molecule has 1 atom stereocenters. The Kier molecular flexibility index (Phi) is 9.02. The zero-order valence-electron chi connectivity index (χ0n) is 12.7. The molecule has 0 rings (SSSR count). The molecule has 0 aromatic rings. The molecule has 18 heavy (non-hydrogen) atoms. The van der Waals surface area contributed by atoms with Crippen molar-refractivity contribution in [2.45, 2.75) is 59.0 Å². The zero-order valence-corrected chi connectivity index (χ0v) is 12.7. The number of rotatable bonds is 9. The van der Waals surface area contributed by atoms with Gasteiger partial charge in [0.25, 0.3) is 0 Å². The van der Waals surface area contributed by atoms with Gasteiger partial charge in [-0.3, -0.25) is 9.69 Å². The number of carbonyl (C=O) groups is 1. The van der Waals surface area contributed by atoms with Gasteiger partial charge >= 0.3 is 0 Å². The molecular formula is C14H31N3O. The van der Waals surface area contributed by atoms with Gasteiger partial charge in [0, 0.05) is 38.6 Å². The van der Waals surface area contributed by atoms with Crippen LogP contribution in [0.5, 0.6) is 0 Å². The van der Waals surface area contributed by atoms with E-state index in [1.165, 1.54) is 0 Å². The van der Waals surface area contributed by atoms with Gasteiger partial charge in [0.15, 0.2) is 0 Å². The zero-order chi connectivity index (χ0) is 14.1. The Morgan fingerprint density at radius 3 is 2.11 bits per heavy atom. The fourth-order valence-corrected chi connectivity index (χ4v) is 2.43. The summed E-state index contributed by atoms with van der Waals surface area (Å²) in [5, 5.41) is 2.69. The van der Waals surface area contributed by atoms with Crippen molar-refractivity contribution in [2.75, 3.05) is 20.1 Å². The van der Waals surface area contributed by atoms with Crippen LogP contribution >= 0.6 is 0 Å². The summed E-state index contributed by atoms with van der Waals surface area (Å²) in [6, 6.07) is 0.669. The van der Waals surface area contributed by atoms with E-state index in [2.05, 4.69) is 37.9 Å². The van der Waals surface area contributed by atoms with E-state index in [0.717, 1.165) is 19.4 Å². The van der Waals surface area contributed by atoms with Gasteiger partial charge in [-0.25, -0.2) is 0 Å². The van der Waals surface area contributed by atoms with Crippen molar-refractivity contribution in [1.29, 1.82) is 0 Å². The summed E-state index contributed by atoms with van der Waals surface area (Å²) < 4.78 is 0. The molecule has 0 bridgehead atoms. The molecule has 0 saturated carbocycles. The van der Waals surface area contributed by atoms with Gasteiger partial charge in [0.05, 0.1) is 0 Å². The first-order valence-electron chi connectivity index (χ1n) is 7.16. The van der Waals surface area contributed by atoms with E-state index in [4.69, 9.17) is 5.73 Å². The van der Waals surface area contributed by atoms with E-state index in [-0.39, 0.29) is 11.9 Å². The van der Waals surface area contributed by atoms with Crippen molar-refractivity contribution in [2.24, 2.45) is 11.7 Å². The van der Waals surface area contributed by atoms with Crippen LogP contribution in [0.4, 0.5) is 0 Å². The number of nitrogens with one attached hydrogen (secondary N) is 1. The van der Waals surface area contributed by atoms with Crippen LogP contribution in [0.15, 0.2) is 0 Å². The van der Waals surface area contributed by atoms with Crippen LogP contribution in [0.25, 0.3) is 0 Å². The van der Waals surface area contributed by atoms with Crippen molar-refractivity contribution >= 4 is 5.91 Å². The molecule has 0 aliphatic carbocycles. The third kappa shape index (κ3) is 5.83. The Bertz CT molecular complexity index is 227. The van der Waals surface area contributed by atoms with Crippen molar-refractivity contribution in [3.63, 3.8) is 0 Å². The predicted octanol–water partition coefficient (Wildman–Crippen LogP) is 1.60. The summed E-state index contributed by atoms with van der Waals surface area (Å²) in [7, 11) is 1.68. The molecule has 108 valence electrons. The molecule has 1 amide bonds. The van der Waals surface area contributed by atoms with E-state index >= 15 is 0 Å². The second kappa shape index (κ2) is 9.34. The largest absolute Gasteiger partial charge is 0.359 e. The number of carbonyl (C=O) groups excluding carboxylic acids is 1. The van der Waals surface area contributed by atoms with Crippen LogP contribution in [0.3, 0.4) is 0 Å². The smallest absolute Gasteiger partial charge is 0.221 e. The minimum Gasteiger partial charge on any atom is -0.359 e. The van der Waals surface area contributed by atoms with E-state index in [9.17, 15) is 4.79 Å². The lowest BCUT2D eigenvalue weighted by Gasteiger charge is -2.38. The van der Waals surface area contributed by atoms with Crippen LogP contribution in [0.1, 0.15) is 47.0 Å². The second-order valence-electron chi connectivity index (χ2n) is 5.33. The molecule has 0 aliphatic heterocycles. The monoisotopic (exact) mass is 257 g/mol. The molecule has 0 aliphatic rings. The lowest BCUT2D eigenvalue weighted by molar-refractivity contribution is -0.122. The molecular weight excluding hydrogens is 226 g/mol. The molecule has 3 N–H and O–H groups in total. The molecule has 4 heteroatoms. The lowest BCUT2D eigenvalue weighted by atomic mass is 10.0. The third-order valence-electron chi connectivity index (χ3n) is 3.43. The van der Waals surface area contributed by atoms with Crippen molar-refractivity contribution in [3.8, 4) is 0 Å². The number of nitrogens with zero attached hydrogens (tertiary/aromatic N) is 1. The van der Waals surface area contributed by atoms with E-state index < -0.39 is 0 Å². The highest BCUT2D eigenvalue weighted by atomic mass is 16.1. The number of hydrogen-bond donors (Lipinski definition) is 2. The summed E-state index contributed by atoms with van der Waals surface area (Å²) in [6.07, 6.45) is 2.71. The molecule has 0 aromatic heterocycles. The van der Waals surface area contributed by atoms with Crippen LogP contribution in [-0.2, 0) is 4.79 Å². The number of hydrogen-bond acceptors (Lipinski definition) is 3. The number of amides is 1. The molecule has 0 aromatic carbocycles. The Morgan fingerprint density at radius 1 is 1.22 bits per heavy atom. The molecule has 0 saturated heterocycles. The van der Waals surface area contributed by atoms with Crippen LogP contribution in [-0.4, -0.2) is 43.0 Å². The maximum absolute atomic E-state index is 11.6. The maximum atomic E-state index is 11.6. The van der Waals surface area contributed by atoms with E-state index in [0.29, 0.717) is 24.9 Å². The first-order valence-corrected chi connectivity index (χ1v) is 7.16. The first kappa shape index (κ1) is 17.4. The second-order valence-corrected chi connectivity index (χ2v) is 5.33. The van der Waals surface area contributed by atoms with E-state index in [1.807, 2.05) is 0 Å². The molecule has 0 radical (unpaired) electrons. The van der Waals surface area contributed by atoms with Gasteiger partial charge in [-0.1, -0.05) is 27.7 Å². The minimum absolute atomic E-state index is 0.0742. The first-order chi connectivity index (χ1) is 8.49. The average Bonchev–Trinajstić information content (AvgIpc) is 2.35. The SMILES string of the molecule is CCC(CC)N(CC(C)C)C(CN)CC(=O)NC. The van der Waals surface area contributed by atoms with Crippen LogP contribution < -0.4 is 11.1 Å². The highest BCUT2D eigenvalue weighted by Gasteiger charge is 2.25. The summed E-state index contributed by atoms with van der Waals surface area (Å²) in [4.78, 5) is 14.0. The van der Waals surface area contributed by atoms with Crippen molar-refractivity contribution in [3.05, 3.63) is 0 Å². The highest BCUT2D eigenvalue weighted by Crippen LogP contribution is 2.17. The van der Waals surface area contributed by atoms with Gasteiger partial charge in [-0.2, -0.15) is 0 Å². The van der Waals surface area contributed by atoms with Gasteiger partial charge in [0.2, 0.25) is 5.91 Å². The Labute approximate surface area is 112 Å². The average molecular weight is 257 g/mol. The van der Waals surface area contributed by atoms with Crippen molar-refractivity contribution < 1.29 is 4.79 Å². The maximum Gasteiger partial charge on any atom is 0.221 e. The molecule has 0 heterocycles. The summed E-state index contributed by atoms with van der Waals surface area (Å²) in [5.74, 6) is 0.662. The van der Waals surface area contributed by atoms with Gasteiger partial charge in [-0.15, -0.1) is 0 Å². The minimum atomic E-state index is 0.0742. The number of nitrogens with two attached hydrogens (primary N) is 1. The normalized spacial score (nSPS) is 13.4. The quantitative estimate of drug-likeness (QED) is 0.659. The molecule has 4 nitrogen and oxygen atoms in total. The molecule has 0 fully saturated rings. The Balaban J connectivity index is 4.81. The topological polar surface area (TPSA) is 58.4 Å². The lowest BCUT2D eigenvalue weighted by Crippen LogP contribution is -2.49. The Hall–Kier alpha value is -0.610. The predicted molar refractivity (Wildman–Crippen MR) is 77.4 cm³/mol. The van der Waals surface area contributed by atoms with Crippen molar-refractivity contribution in [1.82, 2.24) is 10.2 Å². The van der Waals surface area contributed by atoms with E-state index in [1.54, 1.807) is 7.05 Å². The fourth-order valence-electron chi connectivity index (χ4n) is 2.43. The summed E-state index contributed by atoms with van der Waals surface area (Å²) >= 11 is 0. The van der Waals surface area contributed by atoms with Crippen LogP contribution in [0.2, 0.25) is 0 Å². The fraction of sp³-hybridized carbons (Fsp3) is 0.929. The van der Waals surface area contributed by atoms with Gasteiger partial charge in [0.1, 0.15) is 0 Å². The molecule has 0 spiro atoms. The Morgan fingerprint density at radius 2 is 1.78 bits per heavy atom. The van der Waals surface area contributed by atoms with Gasteiger partial charge in [-0.05, 0) is 18.8 Å². The molecule has 1 unspecified atom stereocenters. The summed E-state index contributed by atoms with van der Waals surface area (Å²) in [6.45, 7) is 10.4. The summed E-state index contributed by atoms with van der Waals surface area (Å²) in [5.41, 5.74) is 5.88. The third-order valence-corrected chi connectivity index (χ3v) is 3.43. The highest BCUT2D eigenvalue weighted by molar-refractivity contribution is 5.76. The standard InChI is InChI=1S/C14H31N3O/c1-6-12(7-2)17(10-11(3)4)13(9-15)8-14(18)16-5/h11-13H,6-10,15H2,1-5H3,(H,16,18). The van der Waals surface area contributed by atoms with Crippen LogP contribution in [0, 0.1) is 5.92 Å². The van der Waals surface area contributed by atoms with Gasteiger partial charge < -0.3 is 11.1 Å².